The number of nitrogens with zero attached hydrogens (tertiary/aromatic N) is 2. The second-order valence-electron chi connectivity index (χ2n) is 3.86. The van der Waals surface area contributed by atoms with Crippen LogP contribution in [0.2, 0.25) is 0 Å². The molecule has 16 heavy (non-hydrogen) atoms. The monoisotopic (exact) mass is 237 g/mol. The third kappa shape index (κ3) is 1.81. The van der Waals surface area contributed by atoms with Crippen molar-refractivity contribution in [2.45, 2.75) is 6.04 Å². The molecule has 0 saturated carbocycles. The summed E-state index contributed by atoms with van der Waals surface area (Å²) < 4.78 is 14.9. The maximum Gasteiger partial charge on any atom is 0.139 e. The van der Waals surface area contributed by atoms with E-state index in [2.05, 4.69) is 10.3 Å². The first-order valence-electron chi connectivity index (χ1n) is 5.28. The number of nitrogens with one attached hydrogen (secondary N) is 1. The van der Waals surface area contributed by atoms with Crippen LogP contribution in [0.25, 0.3) is 5.65 Å². The van der Waals surface area contributed by atoms with Gasteiger partial charge in [-0.2, -0.15) is 11.8 Å². The molecule has 0 spiro atoms. The summed E-state index contributed by atoms with van der Waals surface area (Å²) in [6.45, 7) is 1.01. The number of fused-ring (bicyclic) bond motifs is 1. The van der Waals surface area contributed by atoms with Crippen molar-refractivity contribution in [1.29, 1.82) is 0 Å². The Kier molecular flexibility index (Phi) is 2.57. The molecule has 84 valence electrons. The van der Waals surface area contributed by atoms with Crippen LogP contribution in [0.3, 0.4) is 0 Å². The Hall–Kier alpha value is -1.07. The third-order valence-corrected chi connectivity index (χ3v) is 3.78. The first-order chi connectivity index (χ1) is 7.83. The predicted octanol–water partition coefficient (Wildman–Crippen LogP) is 1.85. The molecule has 0 aliphatic carbocycles. The Morgan fingerprint density at radius 3 is 3.31 bits per heavy atom. The maximum atomic E-state index is 13.0. The second-order valence-corrected chi connectivity index (χ2v) is 5.01. The van der Waals surface area contributed by atoms with Crippen molar-refractivity contribution in [1.82, 2.24) is 14.7 Å². The molecule has 1 saturated heterocycles. The van der Waals surface area contributed by atoms with Crippen LogP contribution < -0.4 is 5.32 Å². The average Bonchev–Trinajstić information content (AvgIpc) is 2.73. The van der Waals surface area contributed by atoms with Gasteiger partial charge >= 0.3 is 0 Å². The summed E-state index contributed by atoms with van der Waals surface area (Å²) in [6, 6.07) is 3.20. The Labute approximate surface area is 97.1 Å². The molecule has 3 rings (SSSR count). The fourth-order valence-electron chi connectivity index (χ4n) is 1.90. The van der Waals surface area contributed by atoms with E-state index in [0.29, 0.717) is 11.7 Å². The van der Waals surface area contributed by atoms with E-state index < -0.39 is 0 Å². The van der Waals surface area contributed by atoms with Gasteiger partial charge in [-0.3, -0.25) is 0 Å². The zero-order chi connectivity index (χ0) is 11.0. The van der Waals surface area contributed by atoms with Gasteiger partial charge in [0.1, 0.15) is 11.5 Å². The Bertz CT molecular complexity index is 505. The summed E-state index contributed by atoms with van der Waals surface area (Å²) in [5.74, 6) is 1.95. The van der Waals surface area contributed by atoms with Crippen LogP contribution in [0.5, 0.6) is 0 Å². The van der Waals surface area contributed by atoms with Crippen LogP contribution in [0.15, 0.2) is 24.5 Å². The van der Waals surface area contributed by atoms with Crippen molar-refractivity contribution in [3.05, 3.63) is 36.0 Å². The number of hydrogen-bond donors (Lipinski definition) is 1. The summed E-state index contributed by atoms with van der Waals surface area (Å²) in [6.07, 6.45) is 3.68. The molecule has 1 atom stereocenters. The fraction of sp³-hybridized carbons (Fsp3) is 0.364. The van der Waals surface area contributed by atoms with E-state index in [4.69, 9.17) is 0 Å². The average molecular weight is 237 g/mol. The minimum Gasteiger partial charge on any atom is -0.307 e. The van der Waals surface area contributed by atoms with Crippen molar-refractivity contribution in [3.63, 3.8) is 0 Å². The Morgan fingerprint density at radius 1 is 1.56 bits per heavy atom. The molecule has 1 aliphatic rings. The Morgan fingerprint density at radius 2 is 2.50 bits per heavy atom. The summed E-state index contributed by atoms with van der Waals surface area (Å²) in [4.78, 5) is 4.44. The third-order valence-electron chi connectivity index (χ3n) is 2.72. The van der Waals surface area contributed by atoms with E-state index in [-0.39, 0.29) is 5.82 Å². The minimum atomic E-state index is -0.240. The van der Waals surface area contributed by atoms with Gasteiger partial charge in [-0.05, 0) is 6.07 Å². The number of hydrogen-bond acceptors (Lipinski definition) is 3. The highest BCUT2D eigenvalue weighted by Crippen LogP contribution is 2.21. The summed E-state index contributed by atoms with van der Waals surface area (Å²) in [7, 11) is 0. The molecule has 5 heteroatoms. The first-order valence-corrected chi connectivity index (χ1v) is 6.44. The van der Waals surface area contributed by atoms with E-state index in [1.807, 2.05) is 22.4 Å². The number of aromatic nitrogens is 2. The highest BCUT2D eigenvalue weighted by molar-refractivity contribution is 7.99. The minimum absolute atomic E-state index is 0.240. The SMILES string of the molecule is Fc1ccn2cc(C3CSCCN3)nc2c1. The molecule has 1 N–H and O–H groups in total. The molecule has 0 aromatic carbocycles. The molecule has 2 aromatic rings. The molecule has 1 fully saturated rings. The lowest BCUT2D eigenvalue weighted by Crippen LogP contribution is -2.30. The predicted molar refractivity (Wildman–Crippen MR) is 63.2 cm³/mol. The first kappa shape index (κ1) is 10.1. The van der Waals surface area contributed by atoms with Crippen LogP contribution in [0.1, 0.15) is 11.7 Å². The number of pyridine rings is 1. The maximum absolute atomic E-state index is 13.0. The van der Waals surface area contributed by atoms with E-state index in [1.165, 1.54) is 12.1 Å². The lowest BCUT2D eigenvalue weighted by molar-refractivity contribution is 0.583. The summed E-state index contributed by atoms with van der Waals surface area (Å²) in [5, 5.41) is 3.42. The van der Waals surface area contributed by atoms with Crippen LogP contribution in [-0.4, -0.2) is 27.4 Å². The Balaban J connectivity index is 1.97. The van der Waals surface area contributed by atoms with Crippen LogP contribution in [0.4, 0.5) is 4.39 Å². The topological polar surface area (TPSA) is 29.3 Å². The van der Waals surface area contributed by atoms with E-state index in [9.17, 15) is 4.39 Å². The van der Waals surface area contributed by atoms with Gasteiger partial charge < -0.3 is 9.72 Å². The molecular formula is C11H12FN3S. The molecule has 2 aromatic heterocycles. The van der Waals surface area contributed by atoms with Gasteiger partial charge in [0.25, 0.3) is 0 Å². The lowest BCUT2D eigenvalue weighted by Gasteiger charge is -2.20. The van der Waals surface area contributed by atoms with Gasteiger partial charge in [0.2, 0.25) is 0 Å². The van der Waals surface area contributed by atoms with Gasteiger partial charge in [-0.15, -0.1) is 0 Å². The van der Waals surface area contributed by atoms with Crippen LogP contribution in [0, 0.1) is 5.82 Å². The van der Waals surface area contributed by atoms with Crippen LogP contribution in [-0.2, 0) is 0 Å². The highest BCUT2D eigenvalue weighted by atomic mass is 32.2. The lowest BCUT2D eigenvalue weighted by atomic mass is 10.2. The molecule has 0 bridgehead atoms. The highest BCUT2D eigenvalue weighted by Gasteiger charge is 2.17. The molecule has 1 unspecified atom stereocenters. The number of rotatable bonds is 1. The quantitative estimate of drug-likeness (QED) is 0.820. The van der Waals surface area contributed by atoms with Gasteiger partial charge in [0.15, 0.2) is 0 Å². The van der Waals surface area contributed by atoms with E-state index in [1.54, 1.807) is 6.20 Å². The van der Waals surface area contributed by atoms with E-state index in [0.717, 1.165) is 23.7 Å². The molecule has 3 nitrogen and oxygen atoms in total. The van der Waals surface area contributed by atoms with Crippen molar-refractivity contribution in [2.24, 2.45) is 0 Å². The van der Waals surface area contributed by atoms with Crippen molar-refractivity contribution >= 4 is 17.4 Å². The largest absolute Gasteiger partial charge is 0.307 e. The molecule has 3 heterocycles. The fourth-order valence-corrected chi connectivity index (χ4v) is 2.85. The number of halogens is 1. The smallest absolute Gasteiger partial charge is 0.139 e. The van der Waals surface area contributed by atoms with Gasteiger partial charge in [0, 0.05) is 36.5 Å². The number of thioether (sulfide) groups is 1. The van der Waals surface area contributed by atoms with E-state index >= 15 is 0 Å². The standard InChI is InChI=1S/C11H12FN3S/c12-8-1-3-15-6-9(14-11(15)5-8)10-7-16-4-2-13-10/h1,3,5-6,10,13H,2,4,7H2. The van der Waals surface area contributed by atoms with Gasteiger partial charge in [-0.25, -0.2) is 9.37 Å². The van der Waals surface area contributed by atoms with Crippen molar-refractivity contribution < 1.29 is 4.39 Å². The second kappa shape index (κ2) is 4.07. The molecule has 0 amide bonds. The summed E-state index contributed by atoms with van der Waals surface area (Å²) >= 11 is 1.93. The molecule has 1 aliphatic heterocycles. The van der Waals surface area contributed by atoms with Crippen LogP contribution >= 0.6 is 11.8 Å². The van der Waals surface area contributed by atoms with Gasteiger partial charge in [0.05, 0.1) is 11.7 Å². The number of imidazole rings is 1. The zero-order valence-electron chi connectivity index (χ0n) is 8.69. The summed E-state index contributed by atoms with van der Waals surface area (Å²) in [5.41, 5.74) is 1.67. The zero-order valence-corrected chi connectivity index (χ0v) is 9.51. The van der Waals surface area contributed by atoms with Gasteiger partial charge in [-0.1, -0.05) is 0 Å². The van der Waals surface area contributed by atoms with Crippen molar-refractivity contribution in [3.8, 4) is 0 Å². The van der Waals surface area contributed by atoms with Crippen molar-refractivity contribution in [2.75, 3.05) is 18.1 Å². The molecule has 0 radical (unpaired) electrons. The normalized spacial score (nSPS) is 21.4. The molecular weight excluding hydrogens is 225 g/mol.